The number of hydrogen-bond donors (Lipinski definition) is 0. The van der Waals surface area contributed by atoms with Gasteiger partial charge in [-0.05, 0) is 11.6 Å². The van der Waals surface area contributed by atoms with Crippen molar-refractivity contribution in [3.8, 4) is 0 Å². The van der Waals surface area contributed by atoms with Crippen LogP contribution in [0.25, 0.3) is 0 Å². The summed E-state index contributed by atoms with van der Waals surface area (Å²) in [5.41, 5.74) is 0.459. The lowest BCUT2D eigenvalue weighted by Gasteiger charge is -2.03. The van der Waals surface area contributed by atoms with Gasteiger partial charge >= 0.3 is 0 Å². The number of carbonyl (C=O) groups excluding carboxylic acids is 1. The van der Waals surface area contributed by atoms with Gasteiger partial charge in [0, 0.05) is 23.1 Å². The Morgan fingerprint density at radius 1 is 1.50 bits per heavy atom. The van der Waals surface area contributed by atoms with Gasteiger partial charge in [-0.15, -0.1) is 0 Å². The second-order valence-corrected chi connectivity index (χ2v) is 3.36. The normalized spacial score (nSPS) is 12.1. The van der Waals surface area contributed by atoms with Gasteiger partial charge in [0.2, 0.25) is 0 Å². The lowest BCUT2D eigenvalue weighted by Crippen LogP contribution is -1.96. The van der Waals surface area contributed by atoms with E-state index in [0.29, 0.717) is 5.56 Å². The SMILES string of the molecule is CC(C=O)c1cc(Cl)cc([N+](=O)[O-])c1. The number of nitro groups is 1. The van der Waals surface area contributed by atoms with E-state index in [1.165, 1.54) is 12.1 Å². The van der Waals surface area contributed by atoms with Crippen molar-refractivity contribution < 1.29 is 9.72 Å². The molecule has 0 spiro atoms. The first-order chi connectivity index (χ1) is 6.54. The Labute approximate surface area is 85.6 Å². The zero-order valence-electron chi connectivity index (χ0n) is 7.44. The molecule has 1 unspecified atom stereocenters. The van der Waals surface area contributed by atoms with Crippen molar-refractivity contribution in [1.29, 1.82) is 0 Å². The fourth-order valence-electron chi connectivity index (χ4n) is 1.04. The van der Waals surface area contributed by atoms with Gasteiger partial charge in [-0.25, -0.2) is 0 Å². The van der Waals surface area contributed by atoms with Crippen molar-refractivity contribution in [2.45, 2.75) is 12.8 Å². The van der Waals surface area contributed by atoms with Crippen molar-refractivity contribution in [2.24, 2.45) is 0 Å². The Morgan fingerprint density at radius 3 is 2.64 bits per heavy atom. The number of hydrogen-bond acceptors (Lipinski definition) is 3. The zero-order valence-corrected chi connectivity index (χ0v) is 8.19. The van der Waals surface area contributed by atoms with E-state index in [4.69, 9.17) is 11.6 Å². The molecule has 0 N–H and O–H groups in total. The Kier molecular flexibility index (Phi) is 3.19. The standard InChI is InChI=1S/C9H8ClNO3/c1-6(5-12)7-2-8(10)4-9(3-7)11(13)14/h2-6H,1H3. The summed E-state index contributed by atoms with van der Waals surface area (Å²) in [6.45, 7) is 1.66. The first-order valence-corrected chi connectivity index (χ1v) is 4.32. The Bertz CT molecular complexity index is 378. The maximum Gasteiger partial charge on any atom is 0.271 e. The maximum atomic E-state index is 10.5. The predicted octanol–water partition coefficient (Wildman–Crippen LogP) is 2.55. The van der Waals surface area contributed by atoms with E-state index in [-0.39, 0.29) is 16.6 Å². The van der Waals surface area contributed by atoms with Gasteiger partial charge < -0.3 is 4.79 Å². The van der Waals surface area contributed by atoms with E-state index >= 15 is 0 Å². The minimum atomic E-state index is -0.535. The molecule has 0 fully saturated rings. The highest BCUT2D eigenvalue weighted by Crippen LogP contribution is 2.24. The summed E-state index contributed by atoms with van der Waals surface area (Å²) in [7, 11) is 0. The van der Waals surface area contributed by atoms with E-state index < -0.39 is 4.92 Å². The van der Waals surface area contributed by atoms with Crippen molar-refractivity contribution in [3.05, 3.63) is 38.9 Å². The molecular formula is C9H8ClNO3. The molecule has 4 nitrogen and oxygen atoms in total. The van der Waals surface area contributed by atoms with E-state index in [2.05, 4.69) is 0 Å². The maximum absolute atomic E-state index is 10.5. The molecular weight excluding hydrogens is 206 g/mol. The molecule has 74 valence electrons. The third-order valence-corrected chi connectivity index (χ3v) is 2.06. The van der Waals surface area contributed by atoms with Crippen molar-refractivity contribution >= 4 is 23.6 Å². The van der Waals surface area contributed by atoms with Crippen LogP contribution in [0.1, 0.15) is 18.4 Å². The lowest BCUT2D eigenvalue weighted by molar-refractivity contribution is -0.384. The smallest absolute Gasteiger partial charge is 0.271 e. The number of benzene rings is 1. The molecule has 5 heteroatoms. The van der Waals surface area contributed by atoms with Gasteiger partial charge in [-0.2, -0.15) is 0 Å². The molecule has 0 aliphatic rings. The number of halogens is 1. The van der Waals surface area contributed by atoms with Crippen LogP contribution in [-0.4, -0.2) is 11.2 Å². The molecule has 0 heterocycles. The molecule has 1 aromatic carbocycles. The summed E-state index contributed by atoms with van der Waals surface area (Å²) in [5, 5.41) is 10.7. The zero-order chi connectivity index (χ0) is 10.7. The third-order valence-electron chi connectivity index (χ3n) is 1.85. The van der Waals surface area contributed by atoms with Gasteiger partial charge in [-0.1, -0.05) is 18.5 Å². The van der Waals surface area contributed by atoms with Crippen LogP contribution < -0.4 is 0 Å². The lowest BCUT2D eigenvalue weighted by atomic mass is 10.0. The van der Waals surface area contributed by atoms with Crippen molar-refractivity contribution in [2.75, 3.05) is 0 Å². The quantitative estimate of drug-likeness (QED) is 0.440. The largest absolute Gasteiger partial charge is 0.303 e. The number of nitro benzene ring substituents is 1. The Hall–Kier alpha value is -1.42. The minimum Gasteiger partial charge on any atom is -0.303 e. The molecule has 1 atom stereocenters. The van der Waals surface area contributed by atoms with Gasteiger partial charge in [0.1, 0.15) is 6.29 Å². The highest BCUT2D eigenvalue weighted by Gasteiger charge is 2.12. The van der Waals surface area contributed by atoms with Crippen LogP contribution in [-0.2, 0) is 4.79 Å². The number of aldehydes is 1. The van der Waals surface area contributed by atoms with Crippen LogP contribution in [0.4, 0.5) is 5.69 Å². The highest BCUT2D eigenvalue weighted by molar-refractivity contribution is 6.30. The number of carbonyl (C=O) groups is 1. The van der Waals surface area contributed by atoms with Crippen LogP contribution in [0.2, 0.25) is 5.02 Å². The summed E-state index contributed by atoms with van der Waals surface area (Å²) in [5.74, 6) is -0.382. The van der Waals surface area contributed by atoms with Gasteiger partial charge in [0.15, 0.2) is 0 Å². The summed E-state index contributed by atoms with van der Waals surface area (Å²) in [4.78, 5) is 20.4. The molecule has 0 aromatic heterocycles. The number of rotatable bonds is 3. The second kappa shape index (κ2) is 4.19. The van der Waals surface area contributed by atoms with E-state index in [9.17, 15) is 14.9 Å². The number of nitrogens with zero attached hydrogens (tertiary/aromatic N) is 1. The molecule has 0 saturated carbocycles. The molecule has 1 aromatic rings. The van der Waals surface area contributed by atoms with Gasteiger partial charge in [-0.3, -0.25) is 10.1 Å². The summed E-state index contributed by atoms with van der Waals surface area (Å²) in [6, 6.07) is 4.15. The Balaban J connectivity index is 3.19. The molecule has 0 aliphatic heterocycles. The molecule has 0 radical (unpaired) electrons. The van der Waals surface area contributed by atoms with Crippen LogP contribution in [0, 0.1) is 10.1 Å². The molecule has 0 amide bonds. The first-order valence-electron chi connectivity index (χ1n) is 3.94. The third kappa shape index (κ3) is 2.29. The fourth-order valence-corrected chi connectivity index (χ4v) is 1.28. The molecule has 0 aliphatic carbocycles. The molecule has 0 saturated heterocycles. The van der Waals surface area contributed by atoms with Gasteiger partial charge in [0.05, 0.1) is 4.92 Å². The summed E-state index contributed by atoms with van der Waals surface area (Å²) >= 11 is 5.67. The average molecular weight is 214 g/mol. The monoisotopic (exact) mass is 213 g/mol. The molecule has 14 heavy (non-hydrogen) atoms. The summed E-state index contributed by atoms with van der Waals surface area (Å²) < 4.78 is 0. The predicted molar refractivity (Wildman–Crippen MR) is 52.6 cm³/mol. The molecule has 0 bridgehead atoms. The van der Waals surface area contributed by atoms with Crippen molar-refractivity contribution in [3.63, 3.8) is 0 Å². The number of non-ortho nitro benzene ring substituents is 1. The van der Waals surface area contributed by atoms with Crippen LogP contribution in [0.3, 0.4) is 0 Å². The topological polar surface area (TPSA) is 60.2 Å². The minimum absolute atomic E-state index is 0.0961. The van der Waals surface area contributed by atoms with Crippen molar-refractivity contribution in [1.82, 2.24) is 0 Å². The van der Waals surface area contributed by atoms with Gasteiger partial charge in [0.25, 0.3) is 5.69 Å². The first kappa shape index (κ1) is 10.7. The average Bonchev–Trinajstić information content (AvgIpc) is 2.15. The van der Waals surface area contributed by atoms with E-state index in [1.54, 1.807) is 13.0 Å². The molecule has 1 rings (SSSR count). The van der Waals surface area contributed by atoms with E-state index in [0.717, 1.165) is 6.29 Å². The van der Waals surface area contributed by atoms with Crippen LogP contribution in [0.5, 0.6) is 0 Å². The van der Waals surface area contributed by atoms with Crippen LogP contribution in [0.15, 0.2) is 18.2 Å². The van der Waals surface area contributed by atoms with Crippen LogP contribution >= 0.6 is 11.6 Å². The fraction of sp³-hybridized carbons (Fsp3) is 0.222. The second-order valence-electron chi connectivity index (χ2n) is 2.92. The van der Waals surface area contributed by atoms with E-state index in [1.807, 2.05) is 0 Å². The highest BCUT2D eigenvalue weighted by atomic mass is 35.5. The Morgan fingerprint density at radius 2 is 2.14 bits per heavy atom. The summed E-state index contributed by atoms with van der Waals surface area (Å²) in [6.07, 6.45) is 0.718.